The van der Waals surface area contributed by atoms with Gasteiger partial charge in [0.05, 0.1) is 10.6 Å². The molecule has 0 amide bonds. The Morgan fingerprint density at radius 2 is 2.20 bits per heavy atom. The number of hydrogen-bond donors (Lipinski definition) is 0. The van der Waals surface area contributed by atoms with E-state index < -0.39 is 0 Å². The summed E-state index contributed by atoms with van der Waals surface area (Å²) in [7, 11) is 0. The molecule has 9 heteroatoms. The smallest absolute Gasteiger partial charge is 0.302 e. The Hall–Kier alpha value is -1.28. The van der Waals surface area contributed by atoms with Crippen molar-refractivity contribution in [3.63, 3.8) is 0 Å². The number of nitrogens with zero attached hydrogens (tertiary/aromatic N) is 3. The first-order valence-corrected chi connectivity index (χ1v) is 9.45. The van der Waals surface area contributed by atoms with E-state index >= 15 is 0 Å². The van der Waals surface area contributed by atoms with Crippen molar-refractivity contribution in [2.45, 2.75) is 43.2 Å². The largest absolute Gasteiger partial charge is 0.463 e. The molecule has 1 aliphatic heterocycles. The van der Waals surface area contributed by atoms with Gasteiger partial charge in [-0.15, -0.1) is 0 Å². The number of azide groups is 1. The van der Waals surface area contributed by atoms with Gasteiger partial charge in [0, 0.05) is 28.7 Å². The van der Waals surface area contributed by atoms with Gasteiger partial charge in [0.2, 0.25) is 0 Å². The molecular weight excluding hydrogens is 413 g/mol. The van der Waals surface area contributed by atoms with E-state index in [1.807, 2.05) is 13.8 Å². The second-order valence-electron chi connectivity index (χ2n) is 5.95. The summed E-state index contributed by atoms with van der Waals surface area (Å²) in [6, 6.07) is 4.44. The number of hydrogen-bond acceptors (Lipinski definition) is 5. The van der Waals surface area contributed by atoms with Crippen LogP contribution in [-0.2, 0) is 14.3 Å². The predicted octanol–water partition coefficient (Wildman–Crippen LogP) is 4.92. The normalized spacial score (nSPS) is 28.9. The van der Waals surface area contributed by atoms with Gasteiger partial charge >= 0.3 is 5.97 Å². The average molecular weight is 432 g/mol. The van der Waals surface area contributed by atoms with E-state index in [9.17, 15) is 9.18 Å². The third kappa shape index (κ3) is 5.10. The van der Waals surface area contributed by atoms with E-state index in [1.54, 1.807) is 12.1 Å². The minimum Gasteiger partial charge on any atom is -0.463 e. The molecule has 0 saturated carbocycles. The fraction of sp³-hybridized carbons (Fsp3) is 0.562. The van der Waals surface area contributed by atoms with Crippen LogP contribution in [0.2, 0.25) is 0 Å². The van der Waals surface area contributed by atoms with Crippen molar-refractivity contribution in [1.82, 2.24) is 0 Å². The molecule has 25 heavy (non-hydrogen) atoms. The van der Waals surface area contributed by atoms with Crippen molar-refractivity contribution in [3.05, 3.63) is 38.9 Å². The Morgan fingerprint density at radius 3 is 2.80 bits per heavy atom. The van der Waals surface area contributed by atoms with Crippen LogP contribution in [0.4, 0.5) is 4.39 Å². The molecule has 0 aliphatic carbocycles. The Kier molecular flexibility index (Phi) is 7.13. The first kappa shape index (κ1) is 20.0. The van der Waals surface area contributed by atoms with Gasteiger partial charge in [0.25, 0.3) is 0 Å². The maximum absolute atomic E-state index is 13.4. The minimum absolute atomic E-state index is 0.0618. The van der Waals surface area contributed by atoms with Crippen molar-refractivity contribution in [2.24, 2.45) is 17.0 Å². The zero-order valence-corrected chi connectivity index (χ0v) is 16.5. The van der Waals surface area contributed by atoms with Gasteiger partial charge in [-0.1, -0.05) is 30.7 Å². The summed E-state index contributed by atoms with van der Waals surface area (Å²) in [5.41, 5.74) is 8.56. The van der Waals surface area contributed by atoms with Crippen LogP contribution in [-0.4, -0.2) is 30.2 Å². The Labute approximate surface area is 158 Å². The minimum atomic E-state index is -0.388. The van der Waals surface area contributed by atoms with Crippen LogP contribution in [0, 0.1) is 17.7 Å². The molecule has 1 heterocycles. The summed E-state index contributed by atoms with van der Waals surface area (Å²) in [5, 5.41) is 3.92. The molecule has 1 aromatic rings. The fourth-order valence-corrected chi connectivity index (χ4v) is 4.46. The van der Waals surface area contributed by atoms with Crippen LogP contribution in [0.5, 0.6) is 0 Å². The second kappa shape index (κ2) is 8.89. The van der Waals surface area contributed by atoms with Gasteiger partial charge in [-0.2, -0.15) is 0 Å². The molecule has 5 atom stereocenters. The third-order valence-electron chi connectivity index (χ3n) is 4.18. The van der Waals surface area contributed by atoms with Crippen molar-refractivity contribution in [2.75, 3.05) is 6.61 Å². The predicted molar refractivity (Wildman–Crippen MR) is 96.5 cm³/mol. The SMILES string of the molecule is CC(=O)OCC1O[C@H](Sc2ccc(F)c(Br)c2)C(C)[C@@H](N=[N+]=[N-])[C@H]1C. The van der Waals surface area contributed by atoms with Crippen LogP contribution in [0.25, 0.3) is 10.4 Å². The van der Waals surface area contributed by atoms with Gasteiger partial charge in [0.1, 0.15) is 17.9 Å². The first-order chi connectivity index (χ1) is 11.8. The molecule has 1 aliphatic rings. The standard InChI is InChI=1S/C16H19BrFN3O3S/c1-8-14(7-23-10(3)22)24-16(9(2)15(8)20-21-19)25-11-4-5-13(18)12(17)6-11/h4-6,8-9,14-16H,7H2,1-3H3/t8-,9?,14?,15-,16+/m0/s1. The summed E-state index contributed by atoms with van der Waals surface area (Å²) in [5.74, 6) is -0.882. The van der Waals surface area contributed by atoms with Gasteiger partial charge in [-0.05, 0) is 45.6 Å². The second-order valence-corrected chi connectivity index (χ2v) is 7.98. The van der Waals surface area contributed by atoms with Crippen LogP contribution in [0.1, 0.15) is 20.8 Å². The molecule has 0 N–H and O–H groups in total. The van der Waals surface area contributed by atoms with Crippen molar-refractivity contribution < 1.29 is 18.7 Å². The monoisotopic (exact) mass is 431 g/mol. The molecular formula is C16H19BrFN3O3S. The molecule has 1 fully saturated rings. The lowest BCUT2D eigenvalue weighted by Crippen LogP contribution is -2.48. The first-order valence-electron chi connectivity index (χ1n) is 7.78. The maximum Gasteiger partial charge on any atom is 0.302 e. The van der Waals surface area contributed by atoms with Crippen molar-refractivity contribution in [3.8, 4) is 0 Å². The number of carbonyl (C=O) groups is 1. The highest BCUT2D eigenvalue weighted by Gasteiger charge is 2.41. The van der Waals surface area contributed by atoms with Crippen LogP contribution in [0.3, 0.4) is 0 Å². The van der Waals surface area contributed by atoms with E-state index in [0.717, 1.165) is 4.90 Å². The Bertz CT molecular complexity index is 687. The molecule has 0 radical (unpaired) electrons. The Morgan fingerprint density at radius 1 is 1.48 bits per heavy atom. The molecule has 1 aromatic carbocycles. The quantitative estimate of drug-likeness (QED) is 0.286. The molecule has 136 valence electrons. The summed E-state index contributed by atoms with van der Waals surface area (Å²) < 4.78 is 25.0. The van der Waals surface area contributed by atoms with Gasteiger partial charge in [0.15, 0.2) is 0 Å². The number of benzene rings is 1. The summed E-state index contributed by atoms with van der Waals surface area (Å²) >= 11 is 4.59. The highest BCUT2D eigenvalue weighted by atomic mass is 79.9. The summed E-state index contributed by atoms with van der Waals surface area (Å²) in [4.78, 5) is 14.9. The zero-order valence-electron chi connectivity index (χ0n) is 14.1. The zero-order chi connectivity index (χ0) is 18.6. The lowest BCUT2D eigenvalue weighted by Gasteiger charge is -2.42. The van der Waals surface area contributed by atoms with E-state index in [2.05, 4.69) is 26.0 Å². The number of ether oxygens (including phenoxy) is 2. The highest BCUT2D eigenvalue weighted by Crippen LogP contribution is 2.41. The van der Waals surface area contributed by atoms with Crippen LogP contribution in [0.15, 0.2) is 32.7 Å². The molecule has 6 nitrogen and oxygen atoms in total. The van der Waals surface area contributed by atoms with Crippen LogP contribution < -0.4 is 0 Å². The summed E-state index contributed by atoms with van der Waals surface area (Å²) in [6.45, 7) is 5.31. The van der Waals surface area contributed by atoms with E-state index in [-0.39, 0.29) is 47.8 Å². The number of thioether (sulfide) groups is 1. The highest BCUT2D eigenvalue weighted by molar-refractivity contribution is 9.10. The molecule has 2 unspecified atom stereocenters. The molecule has 0 aromatic heterocycles. The number of carbonyl (C=O) groups excluding carboxylic acids is 1. The third-order valence-corrected chi connectivity index (χ3v) is 6.09. The van der Waals surface area contributed by atoms with Crippen molar-refractivity contribution >= 4 is 33.7 Å². The average Bonchev–Trinajstić information content (AvgIpc) is 2.56. The van der Waals surface area contributed by atoms with E-state index in [0.29, 0.717) is 4.47 Å². The van der Waals surface area contributed by atoms with Gasteiger partial charge < -0.3 is 9.47 Å². The van der Waals surface area contributed by atoms with Crippen LogP contribution >= 0.6 is 27.7 Å². The van der Waals surface area contributed by atoms with E-state index in [4.69, 9.17) is 15.0 Å². The number of rotatable bonds is 5. The molecule has 1 saturated heterocycles. The van der Waals surface area contributed by atoms with Gasteiger partial charge in [-0.3, -0.25) is 4.79 Å². The number of esters is 1. The molecule has 0 bridgehead atoms. The Balaban J connectivity index is 2.20. The number of halogens is 2. The van der Waals surface area contributed by atoms with Gasteiger partial charge in [-0.25, -0.2) is 4.39 Å². The van der Waals surface area contributed by atoms with Crippen molar-refractivity contribution in [1.29, 1.82) is 0 Å². The molecule has 2 rings (SSSR count). The lowest BCUT2D eigenvalue weighted by molar-refractivity contribution is -0.153. The topological polar surface area (TPSA) is 84.3 Å². The van der Waals surface area contributed by atoms with E-state index in [1.165, 1.54) is 24.8 Å². The summed E-state index contributed by atoms with van der Waals surface area (Å²) in [6.07, 6.45) is -0.378. The maximum atomic E-state index is 13.4. The fourth-order valence-electron chi connectivity index (χ4n) is 2.76. The lowest BCUT2D eigenvalue weighted by atomic mass is 9.85. The molecule has 0 spiro atoms.